The number of aromatic nitrogens is 1. The Kier molecular flexibility index (Phi) is 7.91. The van der Waals surface area contributed by atoms with Gasteiger partial charge in [0.05, 0.1) is 16.0 Å². The fraction of sp³-hybridized carbons (Fsp3) is 0.385. The number of hydrogen-bond acceptors (Lipinski definition) is 5. The Bertz CT molecular complexity index is 514. The Hall–Kier alpha value is -0.820. The van der Waals surface area contributed by atoms with Gasteiger partial charge in [-0.1, -0.05) is 23.9 Å². The van der Waals surface area contributed by atoms with Crippen LogP contribution in [0.3, 0.4) is 0 Å². The van der Waals surface area contributed by atoms with Gasteiger partial charge in [-0.2, -0.15) is 0 Å². The molecule has 0 aliphatic rings. The van der Waals surface area contributed by atoms with E-state index in [4.69, 9.17) is 5.73 Å². The number of rotatable bonds is 7. The standard InChI is InChI=1S/C13H17N3OS2.ClH/c14-7-3-4-8-15-12(17)9-18-13-16-10-5-1-2-6-11(10)19-13;/h1-2,5-6H,3-4,7-9,14H2,(H,15,17);1H. The number of carbonyl (C=O) groups excluding carboxylic acids is 1. The molecule has 0 atom stereocenters. The van der Waals surface area contributed by atoms with Crippen LogP contribution < -0.4 is 11.1 Å². The van der Waals surface area contributed by atoms with E-state index in [1.165, 1.54) is 11.8 Å². The fourth-order valence-corrected chi connectivity index (χ4v) is 3.49. The van der Waals surface area contributed by atoms with Gasteiger partial charge >= 0.3 is 0 Å². The topological polar surface area (TPSA) is 68.0 Å². The summed E-state index contributed by atoms with van der Waals surface area (Å²) in [5.41, 5.74) is 6.39. The third-order valence-corrected chi connectivity index (χ3v) is 4.73. The van der Waals surface area contributed by atoms with Crippen molar-refractivity contribution in [3.63, 3.8) is 0 Å². The number of fused-ring (bicyclic) bond motifs is 1. The molecule has 2 rings (SSSR count). The molecule has 1 aromatic heterocycles. The monoisotopic (exact) mass is 331 g/mol. The summed E-state index contributed by atoms with van der Waals surface area (Å²) < 4.78 is 2.10. The molecule has 20 heavy (non-hydrogen) atoms. The van der Waals surface area contributed by atoms with Crippen LogP contribution in [0, 0.1) is 0 Å². The van der Waals surface area contributed by atoms with Crippen molar-refractivity contribution in [2.75, 3.05) is 18.8 Å². The number of thioether (sulfide) groups is 1. The number of nitrogens with one attached hydrogen (secondary N) is 1. The largest absolute Gasteiger partial charge is 0.355 e. The Balaban J connectivity index is 0.00000200. The van der Waals surface area contributed by atoms with Crippen LogP contribution in [-0.2, 0) is 4.79 Å². The molecule has 0 radical (unpaired) electrons. The van der Waals surface area contributed by atoms with Crippen LogP contribution in [-0.4, -0.2) is 29.7 Å². The van der Waals surface area contributed by atoms with E-state index in [9.17, 15) is 4.79 Å². The molecule has 0 saturated heterocycles. The van der Waals surface area contributed by atoms with E-state index < -0.39 is 0 Å². The SMILES string of the molecule is Cl.NCCCCNC(=O)CSc1nc2ccccc2s1. The van der Waals surface area contributed by atoms with Crippen molar-refractivity contribution in [1.29, 1.82) is 0 Å². The Morgan fingerprint density at radius 3 is 2.90 bits per heavy atom. The van der Waals surface area contributed by atoms with Crippen LogP contribution in [0.4, 0.5) is 0 Å². The highest BCUT2D eigenvalue weighted by molar-refractivity contribution is 8.01. The highest BCUT2D eigenvalue weighted by Gasteiger charge is 2.06. The molecule has 3 N–H and O–H groups in total. The summed E-state index contributed by atoms with van der Waals surface area (Å²) >= 11 is 3.12. The molecule has 4 nitrogen and oxygen atoms in total. The molecular weight excluding hydrogens is 314 g/mol. The number of carbonyl (C=O) groups is 1. The van der Waals surface area contributed by atoms with Crippen LogP contribution >= 0.6 is 35.5 Å². The van der Waals surface area contributed by atoms with Gasteiger partial charge in [0.15, 0.2) is 4.34 Å². The van der Waals surface area contributed by atoms with E-state index in [1.54, 1.807) is 11.3 Å². The summed E-state index contributed by atoms with van der Waals surface area (Å²) in [5.74, 6) is 0.476. The number of nitrogens with two attached hydrogens (primary N) is 1. The quantitative estimate of drug-likeness (QED) is 0.604. The third-order valence-electron chi connectivity index (χ3n) is 2.55. The lowest BCUT2D eigenvalue weighted by Gasteiger charge is -2.02. The average molecular weight is 332 g/mol. The summed E-state index contributed by atoms with van der Waals surface area (Å²) in [4.78, 5) is 16.1. The van der Waals surface area contributed by atoms with Crippen LogP contribution in [0.1, 0.15) is 12.8 Å². The van der Waals surface area contributed by atoms with Gasteiger partial charge in [-0.3, -0.25) is 4.79 Å². The number of halogens is 1. The second kappa shape index (κ2) is 9.18. The van der Waals surface area contributed by atoms with Gasteiger partial charge in [0.25, 0.3) is 0 Å². The average Bonchev–Trinajstić information content (AvgIpc) is 2.84. The first kappa shape index (κ1) is 17.2. The van der Waals surface area contributed by atoms with Crippen molar-refractivity contribution in [2.24, 2.45) is 5.73 Å². The summed E-state index contributed by atoms with van der Waals surface area (Å²) in [7, 11) is 0. The van der Waals surface area contributed by atoms with Crippen LogP contribution in [0.25, 0.3) is 10.2 Å². The molecule has 1 aromatic carbocycles. The molecule has 0 bridgehead atoms. The summed E-state index contributed by atoms with van der Waals surface area (Å²) in [5, 5.41) is 2.88. The summed E-state index contributed by atoms with van der Waals surface area (Å²) in [6.45, 7) is 1.38. The van der Waals surface area contributed by atoms with Gasteiger partial charge in [0.1, 0.15) is 0 Å². The van der Waals surface area contributed by atoms with E-state index in [1.807, 2.05) is 24.3 Å². The van der Waals surface area contributed by atoms with Gasteiger partial charge in [-0.25, -0.2) is 4.98 Å². The number of benzene rings is 1. The fourth-order valence-electron chi connectivity index (χ4n) is 1.59. The van der Waals surface area contributed by atoms with Crippen LogP contribution in [0.5, 0.6) is 0 Å². The van der Waals surface area contributed by atoms with Gasteiger partial charge in [-0.15, -0.1) is 23.7 Å². The van der Waals surface area contributed by atoms with Crippen LogP contribution in [0.15, 0.2) is 28.6 Å². The zero-order valence-electron chi connectivity index (χ0n) is 11.0. The summed E-state index contributed by atoms with van der Waals surface area (Å²) in [6.07, 6.45) is 1.89. The predicted octanol–water partition coefficient (Wildman–Crippen LogP) is 2.67. The van der Waals surface area contributed by atoms with Crippen molar-refractivity contribution in [1.82, 2.24) is 10.3 Å². The minimum Gasteiger partial charge on any atom is -0.355 e. The lowest BCUT2D eigenvalue weighted by Crippen LogP contribution is -2.26. The Labute approximate surface area is 132 Å². The van der Waals surface area contributed by atoms with E-state index in [0.717, 1.165) is 27.4 Å². The molecule has 0 saturated carbocycles. The Morgan fingerprint density at radius 1 is 1.35 bits per heavy atom. The molecule has 7 heteroatoms. The van der Waals surface area contributed by atoms with E-state index >= 15 is 0 Å². The van der Waals surface area contributed by atoms with Gasteiger partial charge < -0.3 is 11.1 Å². The molecule has 1 heterocycles. The second-order valence-corrected chi connectivity index (χ2v) is 6.34. The molecule has 0 aliphatic carbocycles. The molecule has 0 spiro atoms. The molecule has 0 unspecified atom stereocenters. The first-order valence-corrected chi connectivity index (χ1v) is 8.05. The lowest BCUT2D eigenvalue weighted by atomic mass is 10.3. The molecule has 0 aliphatic heterocycles. The van der Waals surface area contributed by atoms with Gasteiger partial charge in [0, 0.05) is 6.54 Å². The zero-order valence-corrected chi connectivity index (χ0v) is 13.5. The van der Waals surface area contributed by atoms with Gasteiger partial charge in [0.2, 0.25) is 5.91 Å². The number of para-hydroxylation sites is 1. The third kappa shape index (κ3) is 5.28. The lowest BCUT2D eigenvalue weighted by molar-refractivity contribution is -0.118. The second-order valence-electron chi connectivity index (χ2n) is 4.08. The predicted molar refractivity (Wildman–Crippen MR) is 88.9 cm³/mol. The zero-order chi connectivity index (χ0) is 13.5. The summed E-state index contributed by atoms with van der Waals surface area (Å²) in [6, 6.07) is 8.01. The molecular formula is C13H18ClN3OS2. The van der Waals surface area contributed by atoms with Crippen LogP contribution in [0.2, 0.25) is 0 Å². The van der Waals surface area contributed by atoms with Gasteiger partial charge in [-0.05, 0) is 31.5 Å². The molecule has 0 fully saturated rings. The van der Waals surface area contributed by atoms with Crippen molar-refractivity contribution in [3.05, 3.63) is 24.3 Å². The molecule has 1 amide bonds. The first-order chi connectivity index (χ1) is 9.29. The minimum atomic E-state index is 0. The maximum atomic E-state index is 11.6. The molecule has 110 valence electrons. The highest BCUT2D eigenvalue weighted by Crippen LogP contribution is 2.28. The number of amides is 1. The maximum Gasteiger partial charge on any atom is 0.230 e. The van der Waals surface area contributed by atoms with Crippen molar-refractivity contribution in [2.45, 2.75) is 17.2 Å². The van der Waals surface area contributed by atoms with Crippen molar-refractivity contribution in [3.8, 4) is 0 Å². The Morgan fingerprint density at radius 2 is 2.15 bits per heavy atom. The van der Waals surface area contributed by atoms with E-state index in [2.05, 4.69) is 10.3 Å². The number of unbranched alkanes of at least 4 members (excludes halogenated alkanes) is 1. The van der Waals surface area contributed by atoms with E-state index in [0.29, 0.717) is 18.8 Å². The minimum absolute atomic E-state index is 0. The first-order valence-electron chi connectivity index (χ1n) is 6.25. The number of nitrogens with zero attached hydrogens (tertiary/aromatic N) is 1. The van der Waals surface area contributed by atoms with Crippen molar-refractivity contribution < 1.29 is 4.79 Å². The maximum absolute atomic E-state index is 11.6. The number of hydrogen-bond donors (Lipinski definition) is 2. The molecule has 2 aromatic rings. The highest BCUT2D eigenvalue weighted by atomic mass is 35.5. The van der Waals surface area contributed by atoms with Crippen molar-refractivity contribution >= 4 is 51.6 Å². The van der Waals surface area contributed by atoms with E-state index in [-0.39, 0.29) is 18.3 Å². The smallest absolute Gasteiger partial charge is 0.230 e. The number of thiazole rings is 1. The normalized spacial score (nSPS) is 10.2.